The van der Waals surface area contributed by atoms with Crippen molar-refractivity contribution >= 4 is 6.09 Å². The van der Waals surface area contributed by atoms with Gasteiger partial charge in [-0.05, 0) is 44.9 Å². The number of rotatable bonds is 6. The topological polar surface area (TPSA) is 72.7 Å². The van der Waals surface area contributed by atoms with Crippen molar-refractivity contribution < 1.29 is 58.9 Å². The van der Waals surface area contributed by atoms with E-state index in [0.717, 1.165) is 6.07 Å². The van der Waals surface area contributed by atoms with Crippen LogP contribution in [0.3, 0.4) is 0 Å². The SMILES string of the molecule is Cc1c(OC(=O)NCC(C)(O)C(F)(F)F)cc(-c2cc(C(F)(F)F)ccc2C(F)(F)F)n1C[C@H]1CCCO1. The minimum absolute atomic E-state index is 0.0127. The number of ether oxygens (including phenoxy) is 2. The molecular formula is C23H23F9N2O4. The molecule has 1 aromatic carbocycles. The Labute approximate surface area is 210 Å². The van der Waals surface area contributed by atoms with Crippen molar-refractivity contribution in [2.45, 2.75) is 63.5 Å². The summed E-state index contributed by atoms with van der Waals surface area (Å²) in [6, 6.07) is 1.82. The molecule has 2 aromatic rings. The molecule has 1 saturated heterocycles. The van der Waals surface area contributed by atoms with Crippen LogP contribution in [-0.2, 0) is 23.6 Å². The molecule has 15 heteroatoms. The lowest BCUT2D eigenvalue weighted by atomic mass is 10.00. The molecule has 1 aliphatic rings. The van der Waals surface area contributed by atoms with Gasteiger partial charge in [-0.2, -0.15) is 39.5 Å². The van der Waals surface area contributed by atoms with Crippen molar-refractivity contribution in [3.8, 4) is 17.0 Å². The van der Waals surface area contributed by atoms with Gasteiger partial charge in [0.05, 0.1) is 35.2 Å². The summed E-state index contributed by atoms with van der Waals surface area (Å²) in [5, 5.41) is 11.2. The molecule has 3 rings (SSSR count). The summed E-state index contributed by atoms with van der Waals surface area (Å²) < 4.78 is 132. The minimum Gasteiger partial charge on any atom is -0.408 e. The van der Waals surface area contributed by atoms with Gasteiger partial charge < -0.3 is 24.5 Å². The number of alkyl halides is 9. The number of aliphatic hydroxyl groups is 1. The first-order valence-electron chi connectivity index (χ1n) is 11.2. The molecule has 2 atom stereocenters. The van der Waals surface area contributed by atoms with Crippen molar-refractivity contribution in [1.82, 2.24) is 9.88 Å². The number of amides is 1. The monoisotopic (exact) mass is 562 g/mol. The zero-order valence-electron chi connectivity index (χ0n) is 19.9. The zero-order chi connectivity index (χ0) is 28.7. The van der Waals surface area contributed by atoms with Crippen molar-refractivity contribution in [2.75, 3.05) is 13.2 Å². The largest absolute Gasteiger partial charge is 0.418 e. The molecule has 38 heavy (non-hydrogen) atoms. The first-order chi connectivity index (χ1) is 17.3. The van der Waals surface area contributed by atoms with Crippen LogP contribution in [0.15, 0.2) is 24.3 Å². The predicted molar refractivity (Wildman–Crippen MR) is 114 cm³/mol. The number of aromatic nitrogens is 1. The second-order valence-electron chi connectivity index (χ2n) is 9.00. The van der Waals surface area contributed by atoms with E-state index in [2.05, 4.69) is 0 Å². The van der Waals surface area contributed by atoms with Crippen LogP contribution in [-0.4, -0.2) is 46.8 Å². The van der Waals surface area contributed by atoms with Crippen molar-refractivity contribution in [1.29, 1.82) is 0 Å². The number of hydrogen-bond donors (Lipinski definition) is 2. The number of halogens is 9. The molecule has 1 aliphatic heterocycles. The molecule has 2 N–H and O–H groups in total. The first kappa shape index (κ1) is 29.6. The highest BCUT2D eigenvalue weighted by Crippen LogP contribution is 2.43. The molecule has 0 aliphatic carbocycles. The quantitative estimate of drug-likeness (QED) is 0.419. The van der Waals surface area contributed by atoms with Crippen LogP contribution in [0.1, 0.15) is 36.6 Å². The standard InChI is InChI=1S/C23H23F9N2O4/c1-12-18(38-19(35)33-11-20(2,36)23(30,31)32)9-17(34(12)10-14-4-3-7-37-14)15-8-13(21(24,25)26)5-6-16(15)22(27,28)29/h5-6,8-9,14,36H,3-4,7,10-11H2,1-2H3,(H,33,35)/t14-,20?/m1/s1. The summed E-state index contributed by atoms with van der Waals surface area (Å²) in [4.78, 5) is 12.2. The van der Waals surface area contributed by atoms with Gasteiger partial charge >= 0.3 is 24.6 Å². The highest BCUT2D eigenvalue weighted by molar-refractivity contribution is 5.74. The van der Waals surface area contributed by atoms with E-state index in [9.17, 15) is 49.4 Å². The van der Waals surface area contributed by atoms with Gasteiger partial charge in [-0.3, -0.25) is 0 Å². The van der Waals surface area contributed by atoms with Gasteiger partial charge in [0.25, 0.3) is 0 Å². The Morgan fingerprint density at radius 3 is 2.29 bits per heavy atom. The first-order valence-corrected chi connectivity index (χ1v) is 11.2. The van der Waals surface area contributed by atoms with Crippen LogP contribution in [0.5, 0.6) is 5.75 Å². The molecule has 212 valence electrons. The van der Waals surface area contributed by atoms with Crippen LogP contribution in [0.2, 0.25) is 0 Å². The maximum atomic E-state index is 13.8. The summed E-state index contributed by atoms with van der Waals surface area (Å²) in [5.74, 6) is -0.410. The molecule has 1 aromatic heterocycles. The molecule has 0 spiro atoms. The molecule has 1 fully saturated rings. The number of carbonyl (C=O) groups is 1. The number of nitrogens with zero attached hydrogens (tertiary/aromatic N) is 1. The summed E-state index contributed by atoms with van der Waals surface area (Å²) >= 11 is 0. The number of hydrogen-bond acceptors (Lipinski definition) is 4. The summed E-state index contributed by atoms with van der Waals surface area (Å²) in [6.45, 7) is 0.684. The van der Waals surface area contributed by atoms with E-state index < -0.39 is 65.3 Å². The van der Waals surface area contributed by atoms with Crippen LogP contribution in [0.25, 0.3) is 11.3 Å². The minimum atomic E-state index is -5.09. The fourth-order valence-electron chi connectivity index (χ4n) is 3.83. The summed E-state index contributed by atoms with van der Waals surface area (Å²) in [6.07, 6.45) is -15.9. The van der Waals surface area contributed by atoms with Gasteiger partial charge in [0, 0.05) is 24.8 Å². The fourth-order valence-corrected chi connectivity index (χ4v) is 3.83. The molecule has 6 nitrogen and oxygen atoms in total. The Bertz CT molecular complexity index is 1160. The molecule has 1 amide bonds. The lowest BCUT2D eigenvalue weighted by Gasteiger charge is -2.26. The van der Waals surface area contributed by atoms with E-state index >= 15 is 0 Å². The molecule has 1 unspecified atom stereocenters. The molecule has 0 radical (unpaired) electrons. The van der Waals surface area contributed by atoms with Gasteiger partial charge in [0.15, 0.2) is 11.4 Å². The van der Waals surface area contributed by atoms with E-state index in [-0.39, 0.29) is 17.9 Å². The van der Waals surface area contributed by atoms with Crippen molar-refractivity contribution in [2.24, 2.45) is 0 Å². The van der Waals surface area contributed by atoms with Crippen LogP contribution >= 0.6 is 0 Å². The Balaban J connectivity index is 2.05. The summed E-state index contributed by atoms with van der Waals surface area (Å²) in [7, 11) is 0. The van der Waals surface area contributed by atoms with E-state index in [1.807, 2.05) is 0 Å². The van der Waals surface area contributed by atoms with Crippen molar-refractivity contribution in [3.05, 3.63) is 41.1 Å². The van der Waals surface area contributed by atoms with Gasteiger partial charge in [-0.25, -0.2) is 4.79 Å². The average Bonchev–Trinajstić information content (AvgIpc) is 3.39. The van der Waals surface area contributed by atoms with Crippen LogP contribution in [0.4, 0.5) is 44.3 Å². The van der Waals surface area contributed by atoms with E-state index in [1.165, 1.54) is 11.5 Å². The predicted octanol–water partition coefficient (Wildman–Crippen LogP) is 6.08. The van der Waals surface area contributed by atoms with E-state index in [4.69, 9.17) is 9.47 Å². The highest BCUT2D eigenvalue weighted by Gasteiger charge is 2.50. The van der Waals surface area contributed by atoms with E-state index in [0.29, 0.717) is 44.6 Å². The second-order valence-corrected chi connectivity index (χ2v) is 9.00. The van der Waals surface area contributed by atoms with E-state index in [1.54, 1.807) is 5.32 Å². The summed E-state index contributed by atoms with van der Waals surface area (Å²) in [5.41, 5.74) is -7.24. The van der Waals surface area contributed by atoms with Gasteiger partial charge in [0.2, 0.25) is 0 Å². The lowest BCUT2D eigenvalue weighted by molar-refractivity contribution is -0.249. The zero-order valence-corrected chi connectivity index (χ0v) is 19.9. The third kappa shape index (κ3) is 6.54. The number of carbonyl (C=O) groups excluding carboxylic acids is 1. The van der Waals surface area contributed by atoms with Gasteiger partial charge in [-0.1, -0.05) is 0 Å². The Kier molecular flexibility index (Phi) is 8.04. The van der Waals surface area contributed by atoms with Crippen molar-refractivity contribution in [3.63, 3.8) is 0 Å². The maximum Gasteiger partial charge on any atom is 0.418 e. The molecule has 2 heterocycles. The fraction of sp³-hybridized carbons (Fsp3) is 0.522. The third-order valence-electron chi connectivity index (χ3n) is 6.05. The van der Waals surface area contributed by atoms with Gasteiger partial charge in [0.1, 0.15) is 0 Å². The molecule has 0 bridgehead atoms. The van der Waals surface area contributed by atoms with Crippen LogP contribution in [0, 0.1) is 6.92 Å². The van der Waals surface area contributed by atoms with Gasteiger partial charge in [-0.15, -0.1) is 0 Å². The normalized spacial score (nSPS) is 18.4. The lowest BCUT2D eigenvalue weighted by Crippen LogP contribution is -2.51. The Hall–Kier alpha value is -2.94. The van der Waals surface area contributed by atoms with Crippen LogP contribution < -0.4 is 10.1 Å². The smallest absolute Gasteiger partial charge is 0.408 e. The highest BCUT2D eigenvalue weighted by atomic mass is 19.4. The Morgan fingerprint density at radius 2 is 1.76 bits per heavy atom. The number of nitrogens with one attached hydrogen (secondary N) is 1. The molecular weight excluding hydrogens is 539 g/mol. The number of benzene rings is 1. The molecule has 0 saturated carbocycles. The second kappa shape index (κ2) is 10.3. The third-order valence-corrected chi connectivity index (χ3v) is 6.05. The maximum absolute atomic E-state index is 13.8. The average molecular weight is 562 g/mol. The Morgan fingerprint density at radius 1 is 1.11 bits per heavy atom.